The summed E-state index contributed by atoms with van der Waals surface area (Å²) >= 11 is 1.27. The summed E-state index contributed by atoms with van der Waals surface area (Å²) in [6.45, 7) is 3.91. The second-order valence-corrected chi connectivity index (χ2v) is 3.66. The van der Waals surface area contributed by atoms with Crippen molar-refractivity contribution in [1.29, 1.82) is 0 Å². The summed E-state index contributed by atoms with van der Waals surface area (Å²) in [6.07, 6.45) is 5.88. The van der Waals surface area contributed by atoms with Crippen molar-refractivity contribution in [3.05, 3.63) is 47.4 Å². The van der Waals surface area contributed by atoms with Gasteiger partial charge in [0.05, 0.1) is 12.0 Å². The van der Waals surface area contributed by atoms with Crippen molar-refractivity contribution in [2.24, 2.45) is 0 Å². The van der Waals surface area contributed by atoms with Crippen LogP contribution in [-0.2, 0) is 0 Å². The quantitative estimate of drug-likeness (QED) is 0.619. The Morgan fingerprint density at radius 2 is 2.20 bits per heavy atom. The van der Waals surface area contributed by atoms with E-state index in [-0.39, 0.29) is 5.75 Å². The van der Waals surface area contributed by atoms with Gasteiger partial charge in [0.2, 0.25) is 0 Å². The summed E-state index contributed by atoms with van der Waals surface area (Å²) in [5, 5.41) is 9.22. The van der Waals surface area contributed by atoms with Crippen molar-refractivity contribution < 1.29 is 9.29 Å². The minimum atomic E-state index is 0.209. The Morgan fingerprint density at radius 3 is 2.80 bits per heavy atom. The van der Waals surface area contributed by atoms with Crippen LogP contribution >= 0.6 is 12.0 Å². The SMILES string of the molecule is CC=CC(=CC)SOc1cccc(O)c1. The van der Waals surface area contributed by atoms with Crippen LogP contribution in [0.1, 0.15) is 13.8 Å². The van der Waals surface area contributed by atoms with Gasteiger partial charge < -0.3 is 9.29 Å². The number of phenolic OH excluding ortho intramolecular Hbond substituents is 1. The lowest BCUT2D eigenvalue weighted by Gasteiger charge is -2.04. The molecule has 1 aromatic carbocycles. The van der Waals surface area contributed by atoms with Crippen molar-refractivity contribution in [1.82, 2.24) is 0 Å². The maximum absolute atomic E-state index is 9.22. The van der Waals surface area contributed by atoms with Crippen LogP contribution < -0.4 is 4.18 Å². The molecule has 0 aliphatic carbocycles. The number of hydrogen-bond donors (Lipinski definition) is 1. The number of rotatable bonds is 4. The number of hydrogen-bond acceptors (Lipinski definition) is 3. The van der Waals surface area contributed by atoms with Gasteiger partial charge in [-0.05, 0) is 32.1 Å². The van der Waals surface area contributed by atoms with Crippen molar-refractivity contribution >= 4 is 12.0 Å². The van der Waals surface area contributed by atoms with E-state index in [0.717, 1.165) is 4.91 Å². The summed E-state index contributed by atoms with van der Waals surface area (Å²) in [6, 6.07) is 6.74. The van der Waals surface area contributed by atoms with Crippen molar-refractivity contribution in [2.45, 2.75) is 13.8 Å². The molecular weight excluding hydrogens is 208 g/mol. The summed E-state index contributed by atoms with van der Waals surface area (Å²) in [5.74, 6) is 0.852. The highest BCUT2D eigenvalue weighted by Crippen LogP contribution is 2.25. The first-order valence-corrected chi connectivity index (χ1v) is 5.43. The standard InChI is InChI=1S/C12H14O2S/c1-3-6-12(4-2)15-14-11-8-5-7-10(13)9-11/h3-9,13H,1-2H3. The second-order valence-electron chi connectivity index (χ2n) is 2.86. The molecule has 1 aromatic rings. The van der Waals surface area contributed by atoms with Gasteiger partial charge in [0.15, 0.2) is 0 Å². The normalized spacial score (nSPS) is 12.0. The number of aromatic hydroxyl groups is 1. The van der Waals surface area contributed by atoms with Gasteiger partial charge in [-0.3, -0.25) is 0 Å². The van der Waals surface area contributed by atoms with Crippen LogP contribution in [0, 0.1) is 0 Å². The predicted octanol–water partition coefficient (Wildman–Crippen LogP) is 3.90. The molecule has 0 aromatic heterocycles. The lowest BCUT2D eigenvalue weighted by molar-refractivity contribution is 0.472. The summed E-state index contributed by atoms with van der Waals surface area (Å²) < 4.78 is 5.43. The Bertz CT molecular complexity index is 370. The van der Waals surface area contributed by atoms with E-state index in [1.54, 1.807) is 24.3 Å². The molecule has 0 saturated carbocycles. The van der Waals surface area contributed by atoms with Gasteiger partial charge in [-0.2, -0.15) is 0 Å². The number of allylic oxidation sites excluding steroid dienone is 3. The predicted molar refractivity (Wildman–Crippen MR) is 64.9 cm³/mol. The third-order valence-corrected chi connectivity index (χ3v) is 2.51. The van der Waals surface area contributed by atoms with E-state index in [9.17, 15) is 5.11 Å². The lowest BCUT2D eigenvalue weighted by Crippen LogP contribution is -1.81. The molecule has 0 atom stereocenters. The van der Waals surface area contributed by atoms with Gasteiger partial charge in [0, 0.05) is 11.0 Å². The summed E-state index contributed by atoms with van der Waals surface area (Å²) in [5.41, 5.74) is 0. The van der Waals surface area contributed by atoms with E-state index in [2.05, 4.69) is 0 Å². The summed E-state index contributed by atoms with van der Waals surface area (Å²) in [7, 11) is 0. The number of benzene rings is 1. The third kappa shape index (κ3) is 4.13. The molecule has 15 heavy (non-hydrogen) atoms. The maximum atomic E-state index is 9.22. The molecule has 0 fully saturated rings. The molecule has 0 aliphatic rings. The van der Waals surface area contributed by atoms with E-state index in [0.29, 0.717) is 5.75 Å². The van der Waals surface area contributed by atoms with E-state index >= 15 is 0 Å². The smallest absolute Gasteiger partial charge is 0.141 e. The fraction of sp³-hybridized carbons (Fsp3) is 0.167. The number of phenols is 1. The topological polar surface area (TPSA) is 29.5 Å². The van der Waals surface area contributed by atoms with Crippen molar-refractivity contribution in [3.8, 4) is 11.5 Å². The Balaban J connectivity index is 2.57. The van der Waals surface area contributed by atoms with E-state index < -0.39 is 0 Å². The van der Waals surface area contributed by atoms with E-state index in [4.69, 9.17) is 4.18 Å². The molecule has 1 rings (SSSR count). The molecule has 0 bridgehead atoms. The first kappa shape index (κ1) is 11.7. The largest absolute Gasteiger partial charge is 0.508 e. The average molecular weight is 222 g/mol. The fourth-order valence-electron chi connectivity index (χ4n) is 0.968. The molecule has 0 spiro atoms. The molecule has 0 radical (unpaired) electrons. The first-order chi connectivity index (χ1) is 7.26. The molecule has 80 valence electrons. The summed E-state index contributed by atoms with van der Waals surface area (Å²) in [4.78, 5) is 1.03. The van der Waals surface area contributed by atoms with Gasteiger partial charge in [-0.25, -0.2) is 0 Å². The van der Waals surface area contributed by atoms with Crippen LogP contribution in [0.25, 0.3) is 0 Å². The second kappa shape index (κ2) is 6.19. The van der Waals surface area contributed by atoms with Gasteiger partial charge in [0.25, 0.3) is 0 Å². The molecular formula is C12H14O2S. The zero-order valence-corrected chi connectivity index (χ0v) is 9.62. The fourth-order valence-corrected chi connectivity index (χ4v) is 1.55. The zero-order chi connectivity index (χ0) is 11.1. The first-order valence-electron chi connectivity index (χ1n) is 4.69. The molecule has 2 nitrogen and oxygen atoms in total. The highest BCUT2D eigenvalue weighted by atomic mass is 32.2. The average Bonchev–Trinajstić information content (AvgIpc) is 2.24. The van der Waals surface area contributed by atoms with Crippen molar-refractivity contribution in [3.63, 3.8) is 0 Å². The molecule has 0 saturated heterocycles. The lowest BCUT2D eigenvalue weighted by atomic mass is 10.3. The van der Waals surface area contributed by atoms with E-state index in [1.807, 2.05) is 32.1 Å². The Morgan fingerprint density at radius 1 is 1.40 bits per heavy atom. The monoisotopic (exact) mass is 222 g/mol. The molecule has 0 unspecified atom stereocenters. The van der Waals surface area contributed by atoms with Crippen LogP contribution in [0.3, 0.4) is 0 Å². The molecule has 0 amide bonds. The Labute approximate surface area is 94.5 Å². The molecule has 1 N–H and O–H groups in total. The maximum Gasteiger partial charge on any atom is 0.141 e. The van der Waals surface area contributed by atoms with Crippen LogP contribution in [0.2, 0.25) is 0 Å². The molecule has 0 aliphatic heterocycles. The minimum Gasteiger partial charge on any atom is -0.508 e. The Kier molecular flexibility index (Phi) is 4.84. The minimum absolute atomic E-state index is 0.209. The van der Waals surface area contributed by atoms with Crippen molar-refractivity contribution in [2.75, 3.05) is 0 Å². The van der Waals surface area contributed by atoms with Crippen LogP contribution in [0.5, 0.6) is 11.5 Å². The molecule has 3 heteroatoms. The van der Waals surface area contributed by atoms with Crippen LogP contribution in [-0.4, -0.2) is 5.11 Å². The van der Waals surface area contributed by atoms with Gasteiger partial charge in [-0.15, -0.1) is 0 Å². The Hall–Kier alpha value is -1.35. The van der Waals surface area contributed by atoms with Gasteiger partial charge in [0.1, 0.15) is 11.5 Å². The third-order valence-electron chi connectivity index (χ3n) is 1.67. The van der Waals surface area contributed by atoms with Gasteiger partial charge in [-0.1, -0.05) is 18.2 Å². The molecule has 0 heterocycles. The zero-order valence-electron chi connectivity index (χ0n) is 8.81. The van der Waals surface area contributed by atoms with Crippen LogP contribution in [0.4, 0.5) is 0 Å². The van der Waals surface area contributed by atoms with Crippen LogP contribution in [0.15, 0.2) is 47.4 Å². The van der Waals surface area contributed by atoms with Gasteiger partial charge >= 0.3 is 0 Å². The highest BCUT2D eigenvalue weighted by molar-refractivity contribution is 7.99. The highest BCUT2D eigenvalue weighted by Gasteiger charge is 1.98. The van der Waals surface area contributed by atoms with E-state index in [1.165, 1.54) is 12.0 Å².